The fourth-order valence-corrected chi connectivity index (χ4v) is 1.61. The van der Waals surface area contributed by atoms with E-state index in [1.54, 1.807) is 0 Å². The Morgan fingerprint density at radius 1 is 1.25 bits per heavy atom. The van der Waals surface area contributed by atoms with Gasteiger partial charge in [-0.05, 0) is 33.0 Å². The van der Waals surface area contributed by atoms with E-state index < -0.39 is 0 Å². The summed E-state index contributed by atoms with van der Waals surface area (Å²) in [4.78, 5) is 0. The van der Waals surface area contributed by atoms with Gasteiger partial charge >= 0.3 is 0 Å². The topological polar surface area (TPSA) is 36.1 Å². The Kier molecular flexibility index (Phi) is 3.12. The van der Waals surface area contributed by atoms with Gasteiger partial charge in [0.15, 0.2) is 0 Å². The number of hydrogen-bond donors (Lipinski definition) is 3. The largest absolute Gasteiger partial charge is 0.391 e. The van der Waals surface area contributed by atoms with E-state index in [0.29, 0.717) is 0 Å². The summed E-state index contributed by atoms with van der Waals surface area (Å²) in [5.41, 5.74) is 1.27. The molecule has 0 aliphatic heterocycles. The molecule has 1 aliphatic carbocycles. The van der Waals surface area contributed by atoms with Crippen LogP contribution in [0.2, 0.25) is 0 Å². The fraction of sp³-hybridized carbons (Fsp3) is 0.778. The molecule has 0 heterocycles. The molecule has 0 amide bonds. The van der Waals surface area contributed by atoms with Crippen molar-refractivity contribution in [2.24, 2.45) is 0 Å². The van der Waals surface area contributed by atoms with Crippen molar-refractivity contribution in [1.82, 2.24) is 16.0 Å². The van der Waals surface area contributed by atoms with Gasteiger partial charge in [-0.25, -0.2) is 0 Å². The summed E-state index contributed by atoms with van der Waals surface area (Å²) >= 11 is 0. The summed E-state index contributed by atoms with van der Waals surface area (Å²) in [6.07, 6.45) is 6.41. The van der Waals surface area contributed by atoms with E-state index in [1.807, 2.05) is 21.1 Å². The van der Waals surface area contributed by atoms with Crippen LogP contribution < -0.4 is 16.0 Å². The Labute approximate surface area is 74.6 Å². The van der Waals surface area contributed by atoms with Crippen LogP contribution in [0.4, 0.5) is 0 Å². The van der Waals surface area contributed by atoms with E-state index in [4.69, 9.17) is 0 Å². The zero-order chi connectivity index (χ0) is 9.03. The maximum Gasteiger partial charge on any atom is 0.0741 e. The molecule has 0 bridgehead atoms. The molecule has 0 saturated carbocycles. The lowest BCUT2D eigenvalue weighted by atomic mass is 9.92. The van der Waals surface area contributed by atoms with Crippen molar-refractivity contribution >= 4 is 0 Å². The van der Waals surface area contributed by atoms with Crippen LogP contribution in [0.1, 0.15) is 19.3 Å². The molecule has 0 atom stereocenters. The number of allylic oxidation sites excluding steroid dienone is 1. The second-order valence-corrected chi connectivity index (χ2v) is 3.16. The Bertz CT molecular complexity index is 171. The van der Waals surface area contributed by atoms with Crippen LogP contribution in [-0.4, -0.2) is 26.8 Å². The summed E-state index contributed by atoms with van der Waals surface area (Å²) in [5.74, 6) is 0. The molecule has 0 unspecified atom stereocenters. The highest BCUT2D eigenvalue weighted by molar-refractivity contribution is 5.06. The lowest BCUT2D eigenvalue weighted by Gasteiger charge is -2.36. The average Bonchev–Trinajstić information content (AvgIpc) is 2.18. The van der Waals surface area contributed by atoms with Gasteiger partial charge in [-0.3, -0.25) is 0 Å². The SMILES string of the molecule is CNC1=[C]CCC(NC)(NC)C1. The second kappa shape index (κ2) is 3.92. The number of nitrogens with one attached hydrogen (secondary N) is 3. The smallest absolute Gasteiger partial charge is 0.0741 e. The van der Waals surface area contributed by atoms with Crippen molar-refractivity contribution in [1.29, 1.82) is 0 Å². The van der Waals surface area contributed by atoms with E-state index in [9.17, 15) is 0 Å². The predicted octanol–water partition coefficient (Wildman–Crippen LogP) is 0.212. The van der Waals surface area contributed by atoms with Crippen LogP contribution >= 0.6 is 0 Å². The molecule has 1 rings (SSSR count). The lowest BCUT2D eigenvalue weighted by molar-refractivity contribution is 0.255. The van der Waals surface area contributed by atoms with E-state index in [0.717, 1.165) is 19.3 Å². The highest BCUT2D eigenvalue weighted by Gasteiger charge is 2.29. The number of hydrogen-bond acceptors (Lipinski definition) is 3. The van der Waals surface area contributed by atoms with Crippen LogP contribution in [0, 0.1) is 6.08 Å². The van der Waals surface area contributed by atoms with Crippen molar-refractivity contribution in [2.75, 3.05) is 21.1 Å². The van der Waals surface area contributed by atoms with Crippen LogP contribution in [0.5, 0.6) is 0 Å². The van der Waals surface area contributed by atoms with Gasteiger partial charge in [0.2, 0.25) is 0 Å². The molecular weight excluding hydrogens is 150 g/mol. The molecule has 12 heavy (non-hydrogen) atoms. The third kappa shape index (κ3) is 1.79. The Balaban J connectivity index is 2.64. The lowest BCUT2D eigenvalue weighted by Crippen LogP contribution is -2.55. The normalized spacial score (nSPS) is 21.8. The van der Waals surface area contributed by atoms with Crippen LogP contribution in [0.25, 0.3) is 0 Å². The molecule has 0 spiro atoms. The monoisotopic (exact) mass is 168 g/mol. The fourth-order valence-electron chi connectivity index (χ4n) is 1.61. The zero-order valence-electron chi connectivity index (χ0n) is 8.12. The summed E-state index contributed by atoms with van der Waals surface area (Å²) in [5, 5.41) is 9.79. The quantitative estimate of drug-likeness (QED) is 0.527. The molecule has 1 radical (unpaired) electrons. The minimum atomic E-state index is 0.0730. The first-order valence-corrected chi connectivity index (χ1v) is 4.41. The highest BCUT2D eigenvalue weighted by Crippen LogP contribution is 2.22. The van der Waals surface area contributed by atoms with E-state index in [1.165, 1.54) is 5.70 Å². The maximum absolute atomic E-state index is 3.32. The van der Waals surface area contributed by atoms with Crippen molar-refractivity contribution in [3.05, 3.63) is 11.8 Å². The van der Waals surface area contributed by atoms with Crippen molar-refractivity contribution in [3.8, 4) is 0 Å². The standard InChI is InChI=1S/C9H18N3/c1-10-8-5-4-6-9(7-8,11-2)12-3/h10-12H,4,6-7H2,1-3H3. The zero-order valence-corrected chi connectivity index (χ0v) is 8.12. The van der Waals surface area contributed by atoms with Crippen molar-refractivity contribution in [3.63, 3.8) is 0 Å². The van der Waals surface area contributed by atoms with Crippen molar-refractivity contribution < 1.29 is 0 Å². The molecule has 3 nitrogen and oxygen atoms in total. The van der Waals surface area contributed by atoms with E-state index in [2.05, 4.69) is 22.0 Å². The summed E-state index contributed by atoms with van der Waals surface area (Å²) in [7, 11) is 5.94. The molecule has 0 aromatic heterocycles. The van der Waals surface area contributed by atoms with Crippen molar-refractivity contribution in [2.45, 2.75) is 24.9 Å². The first kappa shape index (κ1) is 9.55. The highest BCUT2D eigenvalue weighted by atomic mass is 15.2. The van der Waals surface area contributed by atoms with Gasteiger partial charge in [-0.2, -0.15) is 0 Å². The Hall–Kier alpha value is -0.540. The maximum atomic E-state index is 3.32. The molecule has 3 heteroatoms. The first-order chi connectivity index (χ1) is 5.76. The predicted molar refractivity (Wildman–Crippen MR) is 50.5 cm³/mol. The van der Waals surface area contributed by atoms with Gasteiger partial charge in [-0.1, -0.05) is 0 Å². The third-order valence-corrected chi connectivity index (χ3v) is 2.63. The molecule has 0 fully saturated rings. The van der Waals surface area contributed by atoms with Crippen LogP contribution in [-0.2, 0) is 0 Å². The third-order valence-electron chi connectivity index (χ3n) is 2.63. The summed E-state index contributed by atoms with van der Waals surface area (Å²) in [6, 6.07) is 0. The Morgan fingerprint density at radius 2 is 1.92 bits per heavy atom. The molecule has 3 N–H and O–H groups in total. The second-order valence-electron chi connectivity index (χ2n) is 3.16. The Morgan fingerprint density at radius 3 is 2.42 bits per heavy atom. The van der Waals surface area contributed by atoms with Gasteiger partial charge in [0, 0.05) is 19.2 Å². The number of rotatable bonds is 3. The van der Waals surface area contributed by atoms with E-state index in [-0.39, 0.29) is 5.66 Å². The van der Waals surface area contributed by atoms with E-state index >= 15 is 0 Å². The van der Waals surface area contributed by atoms with Gasteiger partial charge in [-0.15, -0.1) is 0 Å². The van der Waals surface area contributed by atoms with Gasteiger partial charge in [0.25, 0.3) is 0 Å². The average molecular weight is 168 g/mol. The van der Waals surface area contributed by atoms with Gasteiger partial charge in [0.1, 0.15) is 0 Å². The summed E-state index contributed by atoms with van der Waals surface area (Å²) < 4.78 is 0. The molecule has 69 valence electrons. The van der Waals surface area contributed by atoms with Gasteiger partial charge in [0.05, 0.1) is 5.66 Å². The minimum Gasteiger partial charge on any atom is -0.391 e. The first-order valence-electron chi connectivity index (χ1n) is 4.41. The molecule has 0 aromatic rings. The molecule has 1 aliphatic rings. The summed E-state index contributed by atoms with van der Waals surface area (Å²) in [6.45, 7) is 0. The van der Waals surface area contributed by atoms with Crippen LogP contribution in [0.3, 0.4) is 0 Å². The van der Waals surface area contributed by atoms with Crippen LogP contribution in [0.15, 0.2) is 5.70 Å². The minimum absolute atomic E-state index is 0.0730. The van der Waals surface area contributed by atoms with Gasteiger partial charge < -0.3 is 16.0 Å². The molecular formula is C9H18N3. The molecule has 0 aromatic carbocycles. The molecule has 0 saturated heterocycles.